The van der Waals surface area contributed by atoms with Gasteiger partial charge >= 0.3 is 0 Å². The minimum absolute atomic E-state index is 0.0411. The molecule has 3 rings (SSSR count). The lowest BCUT2D eigenvalue weighted by molar-refractivity contribution is -0.914. The number of halogens is 1. The number of hydrogen-bond acceptors (Lipinski definition) is 4. The van der Waals surface area contributed by atoms with Crippen molar-refractivity contribution in [3.05, 3.63) is 47.7 Å². The molecule has 1 aliphatic rings. The summed E-state index contributed by atoms with van der Waals surface area (Å²) in [5.41, 5.74) is 1.66. The molecule has 138 valence electrons. The van der Waals surface area contributed by atoms with Crippen LogP contribution in [0.5, 0.6) is 5.75 Å². The van der Waals surface area contributed by atoms with Gasteiger partial charge in [0.2, 0.25) is 0 Å². The number of ether oxygens (including phenoxy) is 1. The smallest absolute Gasteiger partial charge is 0.282 e. The molecule has 1 aromatic heterocycles. The molecule has 1 aliphatic heterocycles. The van der Waals surface area contributed by atoms with Crippen molar-refractivity contribution in [2.24, 2.45) is 0 Å². The van der Waals surface area contributed by atoms with Crippen molar-refractivity contribution < 1.29 is 14.4 Å². The molecule has 1 amide bonds. The lowest BCUT2D eigenvalue weighted by atomic mass is 10.2. The second-order valence-corrected chi connectivity index (χ2v) is 6.73. The molecular formula is C19H24ClN4O2+. The normalized spacial score (nSPS) is 16.2. The van der Waals surface area contributed by atoms with Crippen molar-refractivity contribution in [2.45, 2.75) is 13.0 Å². The quantitative estimate of drug-likeness (QED) is 0.777. The summed E-state index contributed by atoms with van der Waals surface area (Å²) in [6.07, 6.45) is 1.60. The predicted octanol–water partition coefficient (Wildman–Crippen LogP) is 1.48. The fraction of sp³-hybridized carbons (Fsp3) is 0.368. The monoisotopic (exact) mass is 375 g/mol. The number of carbonyl (C=O) groups is 1. The number of benzene rings is 1. The molecule has 0 aliphatic carbocycles. The number of piperazine rings is 1. The first kappa shape index (κ1) is 18.5. The van der Waals surface area contributed by atoms with E-state index in [-0.39, 0.29) is 11.9 Å². The highest BCUT2D eigenvalue weighted by atomic mass is 35.5. The summed E-state index contributed by atoms with van der Waals surface area (Å²) in [7, 11) is 1.69. The Morgan fingerprint density at radius 1 is 1.27 bits per heavy atom. The third kappa shape index (κ3) is 4.08. The Bertz CT molecular complexity index is 763. The van der Waals surface area contributed by atoms with Gasteiger partial charge in [0.25, 0.3) is 5.91 Å². The molecule has 6 nitrogen and oxygen atoms in total. The van der Waals surface area contributed by atoms with E-state index in [0.717, 1.165) is 37.6 Å². The predicted molar refractivity (Wildman–Crippen MR) is 103 cm³/mol. The molecule has 0 spiro atoms. The minimum atomic E-state index is -0.161. The summed E-state index contributed by atoms with van der Waals surface area (Å²) in [6, 6.07) is 11.4. The van der Waals surface area contributed by atoms with E-state index in [2.05, 4.69) is 21.3 Å². The van der Waals surface area contributed by atoms with E-state index in [9.17, 15) is 4.79 Å². The fourth-order valence-corrected chi connectivity index (χ4v) is 3.43. The number of carbonyl (C=O) groups excluding carboxylic acids is 1. The van der Waals surface area contributed by atoms with E-state index < -0.39 is 0 Å². The summed E-state index contributed by atoms with van der Waals surface area (Å²) < 4.78 is 5.46. The third-order valence-electron chi connectivity index (χ3n) is 4.85. The van der Waals surface area contributed by atoms with Crippen molar-refractivity contribution in [3.63, 3.8) is 0 Å². The van der Waals surface area contributed by atoms with Crippen LogP contribution in [0.25, 0.3) is 0 Å². The van der Waals surface area contributed by atoms with Gasteiger partial charge in [0.1, 0.15) is 5.75 Å². The molecule has 0 unspecified atom stereocenters. The zero-order valence-corrected chi connectivity index (χ0v) is 15.8. The number of hydrogen-bond donors (Lipinski definition) is 2. The van der Waals surface area contributed by atoms with Gasteiger partial charge in [-0.05, 0) is 31.2 Å². The van der Waals surface area contributed by atoms with Gasteiger partial charge < -0.3 is 19.9 Å². The number of nitrogens with one attached hydrogen (secondary N) is 2. The number of rotatable bonds is 5. The molecule has 1 aromatic carbocycles. The van der Waals surface area contributed by atoms with Crippen molar-refractivity contribution >= 4 is 28.9 Å². The van der Waals surface area contributed by atoms with Crippen LogP contribution >= 0.6 is 11.6 Å². The average molecular weight is 376 g/mol. The third-order valence-corrected chi connectivity index (χ3v) is 5.16. The maximum Gasteiger partial charge on any atom is 0.282 e. The van der Waals surface area contributed by atoms with E-state index in [1.165, 1.54) is 4.90 Å². The van der Waals surface area contributed by atoms with Crippen LogP contribution < -0.4 is 19.9 Å². The Hall–Kier alpha value is -2.31. The molecule has 0 radical (unpaired) electrons. The minimum Gasteiger partial charge on any atom is -0.495 e. The molecule has 0 bridgehead atoms. The Morgan fingerprint density at radius 3 is 2.69 bits per heavy atom. The molecule has 0 saturated carbocycles. The van der Waals surface area contributed by atoms with Crippen LogP contribution in [-0.2, 0) is 4.79 Å². The Kier molecular flexibility index (Phi) is 5.96. The molecule has 2 aromatic rings. The van der Waals surface area contributed by atoms with Crippen LogP contribution in [0.4, 0.5) is 11.4 Å². The second-order valence-electron chi connectivity index (χ2n) is 6.37. The molecule has 2 heterocycles. The van der Waals surface area contributed by atoms with E-state index in [1.807, 2.05) is 25.1 Å². The summed E-state index contributed by atoms with van der Waals surface area (Å²) >= 11 is 6.02. The van der Waals surface area contributed by atoms with E-state index in [1.54, 1.807) is 25.4 Å². The molecule has 26 heavy (non-hydrogen) atoms. The lowest BCUT2D eigenvalue weighted by Crippen LogP contribution is -3.19. The summed E-state index contributed by atoms with van der Waals surface area (Å²) in [6.45, 7) is 5.47. The van der Waals surface area contributed by atoms with E-state index in [0.29, 0.717) is 10.8 Å². The summed E-state index contributed by atoms with van der Waals surface area (Å²) in [4.78, 5) is 20.1. The maximum absolute atomic E-state index is 12.6. The first-order valence-corrected chi connectivity index (χ1v) is 9.12. The zero-order valence-electron chi connectivity index (χ0n) is 15.0. The molecule has 1 saturated heterocycles. The molecule has 7 heteroatoms. The molecular weight excluding hydrogens is 352 g/mol. The van der Waals surface area contributed by atoms with Crippen molar-refractivity contribution in [2.75, 3.05) is 43.5 Å². The van der Waals surface area contributed by atoms with Crippen LogP contribution in [0.15, 0.2) is 42.6 Å². The van der Waals surface area contributed by atoms with Crippen LogP contribution in [-0.4, -0.2) is 50.2 Å². The summed E-state index contributed by atoms with van der Waals surface area (Å²) in [5, 5.41) is 3.19. The highest BCUT2D eigenvalue weighted by Crippen LogP contribution is 2.27. The van der Waals surface area contributed by atoms with Gasteiger partial charge in [-0.2, -0.15) is 0 Å². The van der Waals surface area contributed by atoms with Gasteiger partial charge in [0.15, 0.2) is 11.2 Å². The Labute approximate surface area is 158 Å². The van der Waals surface area contributed by atoms with Crippen molar-refractivity contribution in [3.8, 4) is 5.75 Å². The highest BCUT2D eigenvalue weighted by molar-refractivity contribution is 6.32. The van der Waals surface area contributed by atoms with Crippen LogP contribution in [0, 0.1) is 0 Å². The van der Waals surface area contributed by atoms with Gasteiger partial charge in [-0.1, -0.05) is 23.7 Å². The fourth-order valence-electron chi connectivity index (χ4n) is 3.26. The van der Waals surface area contributed by atoms with Crippen molar-refractivity contribution in [1.82, 2.24) is 4.98 Å². The van der Waals surface area contributed by atoms with Crippen LogP contribution in [0.1, 0.15) is 6.92 Å². The van der Waals surface area contributed by atoms with Gasteiger partial charge in [0, 0.05) is 6.20 Å². The number of para-hydroxylation sites is 2. The number of pyridine rings is 1. The maximum atomic E-state index is 12.6. The Morgan fingerprint density at radius 2 is 2.00 bits per heavy atom. The van der Waals surface area contributed by atoms with Gasteiger partial charge in [-0.25, -0.2) is 4.98 Å². The van der Waals surface area contributed by atoms with E-state index >= 15 is 0 Å². The number of nitrogens with zero attached hydrogens (tertiary/aromatic N) is 2. The number of anilines is 2. The van der Waals surface area contributed by atoms with Crippen LogP contribution in [0.2, 0.25) is 5.15 Å². The highest BCUT2D eigenvalue weighted by Gasteiger charge is 2.30. The van der Waals surface area contributed by atoms with Crippen LogP contribution in [0.3, 0.4) is 0 Å². The van der Waals surface area contributed by atoms with Gasteiger partial charge in [-0.15, -0.1) is 0 Å². The number of aromatic nitrogens is 1. The number of amides is 1. The second kappa shape index (κ2) is 8.38. The zero-order chi connectivity index (χ0) is 18.5. The van der Waals surface area contributed by atoms with Crippen molar-refractivity contribution in [1.29, 1.82) is 0 Å². The Balaban J connectivity index is 1.59. The van der Waals surface area contributed by atoms with E-state index in [4.69, 9.17) is 16.3 Å². The number of methoxy groups -OCH3 is 1. The van der Waals surface area contributed by atoms with Gasteiger partial charge in [-0.3, -0.25) is 4.79 Å². The topological polar surface area (TPSA) is 58.9 Å². The molecule has 1 fully saturated rings. The first-order valence-electron chi connectivity index (χ1n) is 8.74. The average Bonchev–Trinajstić information content (AvgIpc) is 2.69. The summed E-state index contributed by atoms with van der Waals surface area (Å²) in [5.74, 6) is 0.841. The largest absolute Gasteiger partial charge is 0.495 e. The SMILES string of the molecule is COc1ccccc1N1CC[NH+]([C@H](C)C(=O)Nc2cccnc2Cl)CC1. The van der Waals surface area contributed by atoms with Gasteiger partial charge in [0.05, 0.1) is 44.7 Å². The molecule has 2 N–H and O–H groups in total. The standard InChI is InChI=1S/C19H23ClN4O2/c1-14(19(25)22-15-6-5-9-21-18(15)20)23-10-12-24(13-11-23)16-7-3-4-8-17(16)26-2/h3-9,14H,10-13H2,1-2H3,(H,22,25)/p+1/t14-/m1/s1. The first-order chi connectivity index (χ1) is 12.6. The number of quaternary nitrogens is 1. The molecule has 1 atom stereocenters. The lowest BCUT2D eigenvalue weighted by Gasteiger charge is -2.36.